The van der Waals surface area contributed by atoms with Gasteiger partial charge in [0, 0.05) is 24.6 Å². The third-order valence-corrected chi connectivity index (χ3v) is 3.24. The molecule has 3 rings (SSSR count). The second-order valence-corrected chi connectivity index (χ2v) is 5.04. The van der Waals surface area contributed by atoms with E-state index in [-0.39, 0.29) is 5.02 Å². The third-order valence-electron chi connectivity index (χ3n) is 2.95. The Morgan fingerprint density at radius 2 is 1.96 bits per heavy atom. The molecular formula is C15H12ClFN6. The van der Waals surface area contributed by atoms with Gasteiger partial charge in [0.1, 0.15) is 5.82 Å². The molecule has 0 bridgehead atoms. The lowest BCUT2D eigenvalue weighted by molar-refractivity contribution is 0.628. The first-order valence-corrected chi connectivity index (χ1v) is 7.13. The summed E-state index contributed by atoms with van der Waals surface area (Å²) in [5.74, 6) is 0.373. The van der Waals surface area contributed by atoms with Gasteiger partial charge in [-0.2, -0.15) is 10.1 Å². The summed E-state index contributed by atoms with van der Waals surface area (Å²) in [6.07, 6.45) is 4.90. The maximum absolute atomic E-state index is 13.2. The molecule has 2 heterocycles. The van der Waals surface area contributed by atoms with Gasteiger partial charge < -0.3 is 10.6 Å². The van der Waals surface area contributed by atoms with Crippen LogP contribution in [0.2, 0.25) is 5.02 Å². The quantitative estimate of drug-likeness (QED) is 0.746. The van der Waals surface area contributed by atoms with Gasteiger partial charge in [0.2, 0.25) is 5.95 Å². The number of rotatable bonds is 5. The average Bonchev–Trinajstić information content (AvgIpc) is 2.58. The zero-order valence-electron chi connectivity index (χ0n) is 11.9. The second kappa shape index (κ2) is 6.97. The van der Waals surface area contributed by atoms with Crippen molar-refractivity contribution in [3.63, 3.8) is 0 Å². The van der Waals surface area contributed by atoms with Crippen LogP contribution in [0.25, 0.3) is 0 Å². The van der Waals surface area contributed by atoms with Gasteiger partial charge in [0.05, 0.1) is 11.2 Å². The van der Waals surface area contributed by atoms with Crippen LogP contribution in [0.4, 0.5) is 21.8 Å². The average molecular weight is 331 g/mol. The highest BCUT2D eigenvalue weighted by Gasteiger charge is 2.04. The summed E-state index contributed by atoms with van der Waals surface area (Å²) >= 11 is 5.75. The van der Waals surface area contributed by atoms with Gasteiger partial charge in [-0.05, 0) is 35.9 Å². The van der Waals surface area contributed by atoms with Gasteiger partial charge in [-0.25, -0.2) is 4.39 Å². The fourth-order valence-electron chi connectivity index (χ4n) is 1.84. The van der Waals surface area contributed by atoms with E-state index < -0.39 is 5.82 Å². The lowest BCUT2D eigenvalue weighted by atomic mass is 10.3. The maximum Gasteiger partial charge on any atom is 0.244 e. The number of benzene rings is 1. The normalized spacial score (nSPS) is 10.3. The minimum Gasteiger partial charge on any atom is -0.349 e. The fourth-order valence-corrected chi connectivity index (χ4v) is 2.02. The summed E-state index contributed by atoms with van der Waals surface area (Å²) in [4.78, 5) is 8.24. The smallest absolute Gasteiger partial charge is 0.244 e. The molecule has 0 radical (unpaired) electrons. The molecule has 0 unspecified atom stereocenters. The van der Waals surface area contributed by atoms with Gasteiger partial charge in [-0.3, -0.25) is 4.98 Å². The molecule has 2 N–H and O–H groups in total. The van der Waals surface area contributed by atoms with Crippen molar-refractivity contribution in [2.45, 2.75) is 6.54 Å². The van der Waals surface area contributed by atoms with E-state index in [1.165, 1.54) is 18.3 Å². The Kier molecular flexibility index (Phi) is 4.58. The Hall–Kier alpha value is -2.80. The highest BCUT2D eigenvalue weighted by Crippen LogP contribution is 2.21. The van der Waals surface area contributed by atoms with Crippen LogP contribution in [-0.4, -0.2) is 20.2 Å². The first kappa shape index (κ1) is 15.1. The van der Waals surface area contributed by atoms with Gasteiger partial charge in [-0.15, -0.1) is 5.10 Å². The van der Waals surface area contributed by atoms with E-state index in [0.717, 1.165) is 5.56 Å². The van der Waals surface area contributed by atoms with Crippen LogP contribution in [0.3, 0.4) is 0 Å². The van der Waals surface area contributed by atoms with Gasteiger partial charge >= 0.3 is 0 Å². The molecule has 0 saturated carbocycles. The van der Waals surface area contributed by atoms with Gasteiger partial charge in [-0.1, -0.05) is 11.6 Å². The molecule has 1 aromatic carbocycles. The monoisotopic (exact) mass is 330 g/mol. The molecular weight excluding hydrogens is 319 g/mol. The molecule has 116 valence electrons. The number of anilines is 3. The molecule has 3 aromatic rings. The van der Waals surface area contributed by atoms with E-state index >= 15 is 0 Å². The lowest BCUT2D eigenvalue weighted by Gasteiger charge is -2.08. The van der Waals surface area contributed by atoms with Crippen LogP contribution < -0.4 is 10.6 Å². The number of hydrogen-bond acceptors (Lipinski definition) is 6. The zero-order valence-corrected chi connectivity index (χ0v) is 12.6. The molecule has 0 aliphatic heterocycles. The first-order valence-electron chi connectivity index (χ1n) is 6.75. The number of pyridine rings is 1. The van der Waals surface area contributed by atoms with E-state index in [4.69, 9.17) is 11.6 Å². The van der Waals surface area contributed by atoms with Crippen molar-refractivity contribution in [3.05, 3.63) is 65.3 Å². The summed E-state index contributed by atoms with van der Waals surface area (Å²) in [6, 6.07) is 8.10. The SMILES string of the molecule is Fc1ccc(Nc2cnnc(NCc3ccncc3)n2)cc1Cl. The standard InChI is InChI=1S/C15H12ClFN6/c16-12-7-11(1-2-13(12)17)21-14-9-20-23-15(22-14)19-8-10-3-5-18-6-4-10/h1-7,9H,8H2,(H2,19,21,22,23). The molecule has 6 nitrogen and oxygen atoms in total. The van der Waals surface area contributed by atoms with Crippen molar-refractivity contribution in [1.82, 2.24) is 20.2 Å². The van der Waals surface area contributed by atoms with Crippen molar-refractivity contribution in [3.8, 4) is 0 Å². The number of nitrogens with one attached hydrogen (secondary N) is 2. The Morgan fingerprint density at radius 3 is 2.74 bits per heavy atom. The molecule has 0 aliphatic rings. The lowest BCUT2D eigenvalue weighted by Crippen LogP contribution is -2.06. The Bertz CT molecular complexity index is 799. The number of nitrogens with zero attached hydrogens (tertiary/aromatic N) is 4. The minimum absolute atomic E-state index is 0.0352. The Morgan fingerprint density at radius 1 is 1.13 bits per heavy atom. The molecule has 0 amide bonds. The summed E-state index contributed by atoms with van der Waals surface area (Å²) < 4.78 is 13.2. The molecule has 0 atom stereocenters. The number of hydrogen-bond donors (Lipinski definition) is 2. The molecule has 0 saturated heterocycles. The second-order valence-electron chi connectivity index (χ2n) is 4.63. The third kappa shape index (κ3) is 4.10. The van der Waals surface area contributed by atoms with Gasteiger partial charge in [0.15, 0.2) is 5.82 Å². The number of halogens is 2. The van der Waals surface area contributed by atoms with Crippen LogP contribution in [0.5, 0.6) is 0 Å². The minimum atomic E-state index is -0.474. The Labute approximate surface area is 136 Å². The van der Waals surface area contributed by atoms with Crippen LogP contribution in [0, 0.1) is 5.82 Å². The van der Waals surface area contributed by atoms with Crippen LogP contribution in [0.15, 0.2) is 48.9 Å². The summed E-state index contributed by atoms with van der Waals surface area (Å²) in [5, 5.41) is 13.9. The predicted molar refractivity (Wildman–Crippen MR) is 86.1 cm³/mol. The van der Waals surface area contributed by atoms with Crippen molar-refractivity contribution >= 4 is 29.1 Å². The molecule has 8 heteroatoms. The largest absolute Gasteiger partial charge is 0.349 e. The fraction of sp³-hybridized carbons (Fsp3) is 0.0667. The van der Waals surface area contributed by atoms with Crippen molar-refractivity contribution in [2.24, 2.45) is 0 Å². The van der Waals surface area contributed by atoms with Crippen molar-refractivity contribution < 1.29 is 4.39 Å². The molecule has 23 heavy (non-hydrogen) atoms. The van der Waals surface area contributed by atoms with E-state index in [0.29, 0.717) is 24.0 Å². The highest BCUT2D eigenvalue weighted by atomic mass is 35.5. The summed E-state index contributed by atoms with van der Waals surface area (Å²) in [7, 11) is 0. The number of aromatic nitrogens is 4. The zero-order chi connectivity index (χ0) is 16.1. The van der Waals surface area contributed by atoms with Crippen molar-refractivity contribution in [2.75, 3.05) is 10.6 Å². The van der Waals surface area contributed by atoms with Crippen molar-refractivity contribution in [1.29, 1.82) is 0 Å². The van der Waals surface area contributed by atoms with E-state index in [2.05, 4.69) is 30.8 Å². The van der Waals surface area contributed by atoms with Crippen LogP contribution in [0.1, 0.15) is 5.56 Å². The van der Waals surface area contributed by atoms with E-state index in [1.54, 1.807) is 18.5 Å². The first-order chi connectivity index (χ1) is 11.2. The Balaban J connectivity index is 1.68. The highest BCUT2D eigenvalue weighted by molar-refractivity contribution is 6.31. The molecule has 0 fully saturated rings. The molecule has 2 aromatic heterocycles. The molecule has 0 spiro atoms. The van der Waals surface area contributed by atoms with Crippen LogP contribution in [-0.2, 0) is 6.54 Å². The van der Waals surface area contributed by atoms with Crippen LogP contribution >= 0.6 is 11.6 Å². The molecule has 0 aliphatic carbocycles. The topological polar surface area (TPSA) is 75.6 Å². The summed E-state index contributed by atoms with van der Waals surface area (Å²) in [6.45, 7) is 0.552. The van der Waals surface area contributed by atoms with Gasteiger partial charge in [0.25, 0.3) is 0 Å². The van der Waals surface area contributed by atoms with E-state index in [9.17, 15) is 4.39 Å². The summed E-state index contributed by atoms with van der Waals surface area (Å²) in [5.41, 5.74) is 1.66. The van der Waals surface area contributed by atoms with E-state index in [1.807, 2.05) is 12.1 Å². The predicted octanol–water partition coefficient (Wildman–Crippen LogP) is 3.41. The maximum atomic E-state index is 13.2.